The molecule has 0 amide bonds. The topological polar surface area (TPSA) is 0 Å². The van der Waals surface area contributed by atoms with E-state index in [0.29, 0.717) is 5.41 Å². The van der Waals surface area contributed by atoms with Gasteiger partial charge >= 0.3 is 0 Å². The number of hydrogen-bond acceptors (Lipinski definition) is 0. The Morgan fingerprint density at radius 2 is 1.70 bits per heavy atom. The summed E-state index contributed by atoms with van der Waals surface area (Å²) in [6, 6.07) is 0. The molecule has 0 unspecified atom stereocenters. The molecule has 0 spiro atoms. The van der Waals surface area contributed by atoms with E-state index in [4.69, 9.17) is 0 Å². The standard InChI is InChI=1S/C10H16/c1-6-9-7(2)8(3)10(9,4)5/h6H,1-5H3. The molecular weight excluding hydrogens is 120 g/mol. The van der Waals surface area contributed by atoms with Crippen LogP contribution in [0.5, 0.6) is 0 Å². The minimum atomic E-state index is 0.360. The zero-order chi connectivity index (χ0) is 7.94. The molecule has 1 aliphatic rings. The van der Waals surface area contributed by atoms with Gasteiger partial charge < -0.3 is 0 Å². The van der Waals surface area contributed by atoms with Crippen molar-refractivity contribution in [2.75, 3.05) is 0 Å². The van der Waals surface area contributed by atoms with Crippen molar-refractivity contribution >= 4 is 0 Å². The second kappa shape index (κ2) is 1.98. The summed E-state index contributed by atoms with van der Waals surface area (Å²) in [5.74, 6) is 0. The summed E-state index contributed by atoms with van der Waals surface area (Å²) in [5.41, 5.74) is 4.91. The van der Waals surface area contributed by atoms with Crippen LogP contribution in [-0.4, -0.2) is 0 Å². The number of allylic oxidation sites excluding steroid dienone is 4. The van der Waals surface area contributed by atoms with Gasteiger partial charge in [0, 0.05) is 5.41 Å². The molecule has 0 aliphatic heterocycles. The Balaban J connectivity index is 3.09. The lowest BCUT2D eigenvalue weighted by atomic mass is 9.63. The molecule has 0 radical (unpaired) electrons. The Bertz CT molecular complexity index is 214. The highest BCUT2D eigenvalue weighted by Gasteiger charge is 2.35. The lowest BCUT2D eigenvalue weighted by Gasteiger charge is -2.41. The molecule has 0 atom stereocenters. The third-order valence-electron chi connectivity index (χ3n) is 2.87. The summed E-state index contributed by atoms with van der Waals surface area (Å²) < 4.78 is 0. The van der Waals surface area contributed by atoms with Crippen LogP contribution in [0.4, 0.5) is 0 Å². The Morgan fingerprint density at radius 3 is 1.90 bits per heavy atom. The maximum Gasteiger partial charge on any atom is 0.0107 e. The van der Waals surface area contributed by atoms with E-state index >= 15 is 0 Å². The summed E-state index contributed by atoms with van der Waals surface area (Å²) >= 11 is 0. The van der Waals surface area contributed by atoms with Crippen molar-refractivity contribution in [3.05, 3.63) is 22.8 Å². The summed E-state index contributed by atoms with van der Waals surface area (Å²) in [7, 11) is 0. The van der Waals surface area contributed by atoms with Gasteiger partial charge in [-0.3, -0.25) is 0 Å². The van der Waals surface area contributed by atoms with Gasteiger partial charge in [-0.25, -0.2) is 0 Å². The van der Waals surface area contributed by atoms with E-state index in [1.807, 2.05) is 0 Å². The normalized spacial score (nSPS) is 27.1. The molecule has 0 aromatic heterocycles. The first-order valence-corrected chi connectivity index (χ1v) is 3.87. The van der Waals surface area contributed by atoms with Gasteiger partial charge in [0.15, 0.2) is 0 Å². The van der Waals surface area contributed by atoms with E-state index < -0.39 is 0 Å². The maximum atomic E-state index is 2.28. The predicted molar refractivity (Wildman–Crippen MR) is 45.9 cm³/mol. The zero-order valence-corrected chi connectivity index (χ0v) is 7.58. The molecule has 0 nitrogen and oxygen atoms in total. The predicted octanol–water partition coefficient (Wildman–Crippen LogP) is 3.31. The lowest BCUT2D eigenvalue weighted by Crippen LogP contribution is -2.28. The molecule has 0 heteroatoms. The highest BCUT2D eigenvalue weighted by Crippen LogP contribution is 2.49. The van der Waals surface area contributed by atoms with Crippen molar-refractivity contribution in [3.63, 3.8) is 0 Å². The Kier molecular flexibility index (Phi) is 1.50. The van der Waals surface area contributed by atoms with E-state index in [-0.39, 0.29) is 0 Å². The van der Waals surface area contributed by atoms with Gasteiger partial charge in [-0.05, 0) is 31.9 Å². The molecule has 0 heterocycles. The zero-order valence-electron chi connectivity index (χ0n) is 7.58. The van der Waals surface area contributed by atoms with Crippen LogP contribution >= 0.6 is 0 Å². The molecule has 0 aromatic rings. The molecule has 10 heavy (non-hydrogen) atoms. The van der Waals surface area contributed by atoms with E-state index in [2.05, 4.69) is 40.7 Å². The van der Waals surface area contributed by atoms with E-state index in [0.717, 1.165) is 0 Å². The summed E-state index contributed by atoms with van der Waals surface area (Å²) in [5, 5.41) is 0. The molecule has 1 aliphatic carbocycles. The van der Waals surface area contributed by atoms with Crippen LogP contribution in [0.1, 0.15) is 34.6 Å². The average Bonchev–Trinajstić information content (AvgIpc) is 1.88. The van der Waals surface area contributed by atoms with Gasteiger partial charge in [0.25, 0.3) is 0 Å². The van der Waals surface area contributed by atoms with Gasteiger partial charge in [-0.1, -0.05) is 25.5 Å². The first-order chi connectivity index (χ1) is 4.51. The molecule has 0 saturated carbocycles. The van der Waals surface area contributed by atoms with Crippen molar-refractivity contribution in [1.82, 2.24) is 0 Å². The van der Waals surface area contributed by atoms with Gasteiger partial charge in [0.1, 0.15) is 0 Å². The lowest BCUT2D eigenvalue weighted by molar-refractivity contribution is 0.490. The van der Waals surface area contributed by atoms with Crippen molar-refractivity contribution < 1.29 is 0 Å². The van der Waals surface area contributed by atoms with Crippen molar-refractivity contribution in [3.8, 4) is 0 Å². The molecule has 56 valence electrons. The summed E-state index contributed by atoms with van der Waals surface area (Å²) in [6.07, 6.45) is 2.22. The number of rotatable bonds is 0. The Hall–Kier alpha value is -0.520. The Morgan fingerprint density at radius 1 is 1.20 bits per heavy atom. The van der Waals surface area contributed by atoms with Crippen LogP contribution in [0.3, 0.4) is 0 Å². The van der Waals surface area contributed by atoms with Crippen LogP contribution in [0.25, 0.3) is 0 Å². The average molecular weight is 136 g/mol. The largest absolute Gasteiger partial charge is 0.0833 e. The fourth-order valence-electron chi connectivity index (χ4n) is 1.86. The van der Waals surface area contributed by atoms with Gasteiger partial charge in [-0.15, -0.1) is 0 Å². The minimum absolute atomic E-state index is 0.360. The fraction of sp³-hybridized carbons (Fsp3) is 0.600. The van der Waals surface area contributed by atoms with E-state index in [1.54, 1.807) is 5.57 Å². The summed E-state index contributed by atoms with van der Waals surface area (Å²) in [6.45, 7) is 11.1. The SMILES string of the molecule is CC=C1C(C)=C(C)C1(C)C. The molecule has 1 rings (SSSR count). The molecule has 0 fully saturated rings. The third kappa shape index (κ3) is 0.681. The smallest absolute Gasteiger partial charge is 0.0107 e. The van der Waals surface area contributed by atoms with Gasteiger partial charge in [0.2, 0.25) is 0 Å². The van der Waals surface area contributed by atoms with Crippen molar-refractivity contribution in [2.45, 2.75) is 34.6 Å². The minimum Gasteiger partial charge on any atom is -0.0833 e. The molecule has 0 N–H and O–H groups in total. The van der Waals surface area contributed by atoms with E-state index in [9.17, 15) is 0 Å². The molecular formula is C10H16. The quantitative estimate of drug-likeness (QED) is 0.479. The van der Waals surface area contributed by atoms with Crippen LogP contribution in [0.2, 0.25) is 0 Å². The fourth-order valence-corrected chi connectivity index (χ4v) is 1.86. The van der Waals surface area contributed by atoms with Crippen LogP contribution < -0.4 is 0 Å². The van der Waals surface area contributed by atoms with Crippen LogP contribution in [0.15, 0.2) is 22.8 Å². The van der Waals surface area contributed by atoms with Crippen LogP contribution in [-0.2, 0) is 0 Å². The number of hydrogen-bond donors (Lipinski definition) is 0. The van der Waals surface area contributed by atoms with Crippen molar-refractivity contribution in [2.24, 2.45) is 5.41 Å². The second-order valence-corrected chi connectivity index (χ2v) is 3.58. The monoisotopic (exact) mass is 136 g/mol. The molecule has 0 saturated heterocycles. The highest BCUT2D eigenvalue weighted by molar-refractivity contribution is 5.53. The second-order valence-electron chi connectivity index (χ2n) is 3.58. The van der Waals surface area contributed by atoms with Crippen LogP contribution in [0, 0.1) is 5.41 Å². The van der Waals surface area contributed by atoms with Gasteiger partial charge in [-0.2, -0.15) is 0 Å². The Labute approximate surface area is 63.6 Å². The molecule has 0 aromatic carbocycles. The first-order valence-electron chi connectivity index (χ1n) is 3.87. The third-order valence-corrected chi connectivity index (χ3v) is 2.87. The first kappa shape index (κ1) is 7.59. The van der Waals surface area contributed by atoms with E-state index in [1.165, 1.54) is 11.1 Å². The van der Waals surface area contributed by atoms with Gasteiger partial charge in [0.05, 0.1) is 0 Å². The molecule has 0 bridgehead atoms. The van der Waals surface area contributed by atoms with Crippen molar-refractivity contribution in [1.29, 1.82) is 0 Å². The summed E-state index contributed by atoms with van der Waals surface area (Å²) in [4.78, 5) is 0. The highest BCUT2D eigenvalue weighted by atomic mass is 14.4. The maximum absolute atomic E-state index is 2.28.